The van der Waals surface area contributed by atoms with E-state index in [0.29, 0.717) is 6.54 Å². The number of hydrogen-bond acceptors (Lipinski definition) is 4. The molecule has 0 aromatic heterocycles. The highest BCUT2D eigenvalue weighted by atomic mass is 32.2. The first-order valence-electron chi connectivity index (χ1n) is 8.13. The van der Waals surface area contributed by atoms with Gasteiger partial charge in [0.2, 0.25) is 5.91 Å². The number of hydrogen-bond donors (Lipinski definition) is 1. The SMILES string of the molecule is Cc1cccc(Oc2ccc(NC(=O)CN3CCSCC3)cc2)c1. The molecule has 1 saturated heterocycles. The van der Waals surface area contributed by atoms with E-state index in [0.717, 1.165) is 47.3 Å². The molecule has 24 heavy (non-hydrogen) atoms. The Hall–Kier alpha value is -1.98. The van der Waals surface area contributed by atoms with Crippen LogP contribution >= 0.6 is 11.8 Å². The minimum absolute atomic E-state index is 0.0363. The van der Waals surface area contributed by atoms with Crippen LogP contribution in [0.5, 0.6) is 11.5 Å². The van der Waals surface area contributed by atoms with Crippen molar-refractivity contribution in [2.75, 3.05) is 36.5 Å². The number of ether oxygens (including phenoxy) is 1. The van der Waals surface area contributed by atoms with Crippen molar-refractivity contribution in [2.45, 2.75) is 6.92 Å². The number of rotatable bonds is 5. The van der Waals surface area contributed by atoms with Crippen molar-refractivity contribution in [3.05, 3.63) is 54.1 Å². The van der Waals surface area contributed by atoms with Gasteiger partial charge in [0, 0.05) is 30.3 Å². The van der Waals surface area contributed by atoms with E-state index in [2.05, 4.69) is 10.2 Å². The zero-order valence-electron chi connectivity index (χ0n) is 13.8. The molecule has 0 unspecified atom stereocenters. The lowest BCUT2D eigenvalue weighted by molar-refractivity contribution is -0.117. The third-order valence-electron chi connectivity index (χ3n) is 3.83. The van der Waals surface area contributed by atoms with E-state index >= 15 is 0 Å². The summed E-state index contributed by atoms with van der Waals surface area (Å²) in [5.41, 5.74) is 1.95. The summed E-state index contributed by atoms with van der Waals surface area (Å²) in [7, 11) is 0. The summed E-state index contributed by atoms with van der Waals surface area (Å²) in [6, 6.07) is 15.4. The first kappa shape index (κ1) is 16.9. The molecule has 1 aliphatic rings. The molecule has 0 aliphatic carbocycles. The molecule has 1 aliphatic heterocycles. The van der Waals surface area contributed by atoms with Gasteiger partial charge in [0.1, 0.15) is 11.5 Å². The monoisotopic (exact) mass is 342 g/mol. The Morgan fingerprint density at radius 1 is 1.12 bits per heavy atom. The van der Waals surface area contributed by atoms with Crippen molar-refractivity contribution >= 4 is 23.4 Å². The second-order valence-corrected chi connectivity index (χ2v) is 7.10. The topological polar surface area (TPSA) is 41.6 Å². The van der Waals surface area contributed by atoms with Crippen LogP contribution in [-0.2, 0) is 4.79 Å². The summed E-state index contributed by atoms with van der Waals surface area (Å²) in [6.45, 7) is 4.47. The van der Waals surface area contributed by atoms with Crippen LogP contribution in [0, 0.1) is 6.92 Å². The Balaban J connectivity index is 1.53. The smallest absolute Gasteiger partial charge is 0.238 e. The highest BCUT2D eigenvalue weighted by Crippen LogP contribution is 2.23. The molecule has 0 saturated carbocycles. The Morgan fingerprint density at radius 2 is 1.88 bits per heavy atom. The number of benzene rings is 2. The van der Waals surface area contributed by atoms with E-state index in [9.17, 15) is 4.79 Å². The Morgan fingerprint density at radius 3 is 2.58 bits per heavy atom. The first-order valence-corrected chi connectivity index (χ1v) is 9.29. The molecule has 5 heteroatoms. The van der Waals surface area contributed by atoms with Crippen molar-refractivity contribution in [1.29, 1.82) is 0 Å². The normalized spacial score (nSPS) is 15.0. The fourth-order valence-electron chi connectivity index (χ4n) is 2.58. The van der Waals surface area contributed by atoms with Crippen LogP contribution in [-0.4, -0.2) is 41.9 Å². The molecule has 0 bridgehead atoms. The van der Waals surface area contributed by atoms with Crippen molar-refractivity contribution < 1.29 is 9.53 Å². The number of aryl methyl sites for hydroxylation is 1. The number of carbonyl (C=O) groups is 1. The fourth-order valence-corrected chi connectivity index (χ4v) is 3.56. The van der Waals surface area contributed by atoms with E-state index < -0.39 is 0 Å². The van der Waals surface area contributed by atoms with E-state index in [4.69, 9.17) is 4.74 Å². The zero-order chi connectivity index (χ0) is 16.8. The van der Waals surface area contributed by atoms with Crippen LogP contribution in [0.1, 0.15) is 5.56 Å². The van der Waals surface area contributed by atoms with Gasteiger partial charge in [-0.1, -0.05) is 12.1 Å². The Kier molecular flexibility index (Phi) is 5.77. The third-order valence-corrected chi connectivity index (χ3v) is 4.78. The lowest BCUT2D eigenvalue weighted by Crippen LogP contribution is -2.38. The minimum atomic E-state index is 0.0363. The van der Waals surface area contributed by atoms with Crippen molar-refractivity contribution in [3.63, 3.8) is 0 Å². The molecule has 0 spiro atoms. The average Bonchev–Trinajstić information content (AvgIpc) is 2.57. The lowest BCUT2D eigenvalue weighted by atomic mass is 10.2. The van der Waals surface area contributed by atoms with E-state index in [1.165, 1.54) is 0 Å². The van der Waals surface area contributed by atoms with Gasteiger partial charge in [0.25, 0.3) is 0 Å². The summed E-state index contributed by atoms with van der Waals surface area (Å²) >= 11 is 1.95. The number of nitrogens with zero attached hydrogens (tertiary/aromatic N) is 1. The third kappa shape index (κ3) is 5.01. The largest absolute Gasteiger partial charge is 0.457 e. The predicted molar refractivity (Wildman–Crippen MR) is 100 cm³/mol. The second kappa shape index (κ2) is 8.22. The van der Waals surface area contributed by atoms with Gasteiger partial charge in [-0.2, -0.15) is 11.8 Å². The predicted octanol–water partition coefficient (Wildman–Crippen LogP) is 3.77. The number of thioether (sulfide) groups is 1. The molecular formula is C19H22N2O2S. The molecular weight excluding hydrogens is 320 g/mol. The van der Waals surface area contributed by atoms with Crippen LogP contribution in [0.25, 0.3) is 0 Å². The quantitative estimate of drug-likeness (QED) is 0.898. The molecule has 0 radical (unpaired) electrons. The van der Waals surface area contributed by atoms with Crippen LogP contribution in [0.3, 0.4) is 0 Å². The van der Waals surface area contributed by atoms with Crippen LogP contribution in [0.4, 0.5) is 5.69 Å². The van der Waals surface area contributed by atoms with Gasteiger partial charge in [-0.05, 0) is 48.9 Å². The Bertz CT molecular complexity index is 682. The van der Waals surface area contributed by atoms with Gasteiger partial charge in [-0.25, -0.2) is 0 Å². The summed E-state index contributed by atoms with van der Waals surface area (Å²) in [5, 5.41) is 2.95. The van der Waals surface area contributed by atoms with E-state index in [-0.39, 0.29) is 5.91 Å². The fraction of sp³-hybridized carbons (Fsp3) is 0.316. The van der Waals surface area contributed by atoms with Gasteiger partial charge in [-0.3, -0.25) is 9.69 Å². The molecule has 4 nitrogen and oxygen atoms in total. The standard InChI is InChI=1S/C19H22N2O2S/c1-15-3-2-4-18(13-15)23-17-7-5-16(6-8-17)20-19(22)14-21-9-11-24-12-10-21/h2-8,13H,9-12,14H2,1H3,(H,20,22). The maximum absolute atomic E-state index is 12.1. The van der Waals surface area contributed by atoms with Crippen molar-refractivity contribution in [2.24, 2.45) is 0 Å². The van der Waals surface area contributed by atoms with Crippen molar-refractivity contribution in [3.8, 4) is 11.5 Å². The van der Waals surface area contributed by atoms with Crippen LogP contribution < -0.4 is 10.1 Å². The molecule has 1 amide bonds. The second-order valence-electron chi connectivity index (χ2n) is 5.88. The maximum atomic E-state index is 12.1. The summed E-state index contributed by atoms with van der Waals surface area (Å²) in [4.78, 5) is 14.3. The van der Waals surface area contributed by atoms with Gasteiger partial charge in [0.05, 0.1) is 6.54 Å². The molecule has 3 rings (SSSR count). The number of amides is 1. The van der Waals surface area contributed by atoms with E-state index in [1.54, 1.807) is 0 Å². The molecule has 1 fully saturated rings. The molecule has 2 aromatic rings. The zero-order valence-corrected chi connectivity index (χ0v) is 14.6. The molecule has 1 N–H and O–H groups in total. The highest BCUT2D eigenvalue weighted by Gasteiger charge is 2.14. The van der Waals surface area contributed by atoms with Crippen molar-refractivity contribution in [1.82, 2.24) is 4.90 Å². The highest BCUT2D eigenvalue weighted by molar-refractivity contribution is 7.99. The molecule has 2 aromatic carbocycles. The van der Waals surface area contributed by atoms with Gasteiger partial charge in [0.15, 0.2) is 0 Å². The molecule has 126 valence electrons. The molecule has 1 heterocycles. The van der Waals surface area contributed by atoms with Gasteiger partial charge < -0.3 is 10.1 Å². The van der Waals surface area contributed by atoms with Gasteiger partial charge in [-0.15, -0.1) is 0 Å². The van der Waals surface area contributed by atoms with Gasteiger partial charge >= 0.3 is 0 Å². The number of nitrogens with one attached hydrogen (secondary N) is 1. The number of carbonyl (C=O) groups excluding carboxylic acids is 1. The summed E-state index contributed by atoms with van der Waals surface area (Å²) < 4.78 is 5.82. The first-order chi connectivity index (χ1) is 11.7. The Labute approximate surface area is 147 Å². The van der Waals surface area contributed by atoms with Crippen LogP contribution in [0.2, 0.25) is 0 Å². The van der Waals surface area contributed by atoms with Crippen LogP contribution in [0.15, 0.2) is 48.5 Å². The summed E-state index contributed by atoms with van der Waals surface area (Å²) in [6.07, 6.45) is 0. The van der Waals surface area contributed by atoms with E-state index in [1.807, 2.05) is 67.2 Å². The average molecular weight is 342 g/mol. The maximum Gasteiger partial charge on any atom is 0.238 e. The number of anilines is 1. The lowest BCUT2D eigenvalue weighted by Gasteiger charge is -2.25. The summed E-state index contributed by atoms with van der Waals surface area (Å²) in [5.74, 6) is 3.83. The minimum Gasteiger partial charge on any atom is -0.457 e. The molecule has 0 atom stereocenters.